The van der Waals surface area contributed by atoms with Crippen LogP contribution in [0.3, 0.4) is 0 Å². The normalized spacial score (nSPS) is 11.5. The third-order valence-electron chi connectivity index (χ3n) is 3.86. The third-order valence-corrected chi connectivity index (χ3v) is 4.11. The number of nitrogens with one attached hydrogen (secondary N) is 1. The third kappa shape index (κ3) is 5.46. The Balaban J connectivity index is 2.10. The Morgan fingerprint density at radius 3 is 2.35 bits per heavy atom. The van der Waals surface area contributed by atoms with Gasteiger partial charge in [0.2, 0.25) is 5.91 Å². The van der Waals surface area contributed by atoms with Crippen LogP contribution in [0.4, 0.5) is 4.39 Å². The summed E-state index contributed by atoms with van der Waals surface area (Å²) >= 11 is 5.82. The van der Waals surface area contributed by atoms with Crippen molar-refractivity contribution < 1.29 is 18.7 Å². The number of halogens is 2. The van der Waals surface area contributed by atoms with Crippen LogP contribution in [0.1, 0.15) is 12.5 Å². The lowest BCUT2D eigenvalue weighted by Crippen LogP contribution is -2.48. The van der Waals surface area contributed by atoms with Crippen molar-refractivity contribution in [2.24, 2.45) is 0 Å². The molecule has 5 nitrogen and oxygen atoms in total. The number of carbonyl (C=O) groups is 2. The Labute approximate surface area is 156 Å². The summed E-state index contributed by atoms with van der Waals surface area (Å²) in [6.45, 7) is 1.56. The molecule has 0 heterocycles. The number of hydrogen-bond acceptors (Lipinski definition) is 3. The zero-order chi connectivity index (χ0) is 19.1. The molecule has 138 valence electrons. The van der Waals surface area contributed by atoms with E-state index in [1.807, 2.05) is 0 Å². The van der Waals surface area contributed by atoms with Crippen LogP contribution in [0, 0.1) is 5.82 Å². The van der Waals surface area contributed by atoms with Crippen molar-refractivity contribution in [3.8, 4) is 5.75 Å². The first-order valence-electron chi connectivity index (χ1n) is 8.04. The van der Waals surface area contributed by atoms with Gasteiger partial charge in [0.25, 0.3) is 5.91 Å². The monoisotopic (exact) mass is 378 g/mol. The van der Waals surface area contributed by atoms with Crippen molar-refractivity contribution in [2.45, 2.75) is 19.5 Å². The molecule has 0 aromatic heterocycles. The molecule has 7 heteroatoms. The lowest BCUT2D eigenvalue weighted by atomic mass is 10.1. The van der Waals surface area contributed by atoms with Crippen molar-refractivity contribution in [3.05, 3.63) is 64.9 Å². The van der Waals surface area contributed by atoms with E-state index in [4.69, 9.17) is 16.3 Å². The smallest absolute Gasteiger partial charge is 0.261 e. The molecule has 1 atom stereocenters. The highest BCUT2D eigenvalue weighted by atomic mass is 35.5. The molecule has 26 heavy (non-hydrogen) atoms. The number of ether oxygens (including phenoxy) is 1. The maximum absolute atomic E-state index is 13.1. The van der Waals surface area contributed by atoms with Gasteiger partial charge in [-0.3, -0.25) is 9.59 Å². The maximum atomic E-state index is 13.1. The molecule has 0 bridgehead atoms. The second-order valence-corrected chi connectivity index (χ2v) is 6.12. The predicted molar refractivity (Wildman–Crippen MR) is 97.4 cm³/mol. The highest BCUT2D eigenvalue weighted by Crippen LogP contribution is 2.16. The average Bonchev–Trinajstić information content (AvgIpc) is 2.65. The molecule has 2 amide bonds. The van der Waals surface area contributed by atoms with Crippen molar-refractivity contribution in [3.63, 3.8) is 0 Å². The quantitative estimate of drug-likeness (QED) is 0.805. The van der Waals surface area contributed by atoms with Crippen LogP contribution in [0.25, 0.3) is 0 Å². The van der Waals surface area contributed by atoms with E-state index in [2.05, 4.69) is 5.32 Å². The number of carbonyl (C=O) groups excluding carboxylic acids is 2. The number of hydrogen-bond donors (Lipinski definition) is 1. The minimum atomic E-state index is -0.702. The van der Waals surface area contributed by atoms with Crippen LogP contribution in [-0.4, -0.2) is 36.4 Å². The van der Waals surface area contributed by atoms with E-state index in [9.17, 15) is 14.0 Å². The zero-order valence-corrected chi connectivity index (χ0v) is 15.3. The van der Waals surface area contributed by atoms with Crippen LogP contribution in [-0.2, 0) is 16.1 Å². The zero-order valence-electron chi connectivity index (χ0n) is 14.5. The molecule has 0 aliphatic carbocycles. The highest BCUT2D eigenvalue weighted by molar-refractivity contribution is 6.30. The first-order chi connectivity index (χ1) is 12.4. The van der Waals surface area contributed by atoms with Crippen LogP contribution in [0.15, 0.2) is 48.5 Å². The number of amides is 2. The number of nitrogens with zero attached hydrogens (tertiary/aromatic N) is 1. The molecule has 0 aliphatic rings. The van der Waals surface area contributed by atoms with Crippen LogP contribution >= 0.6 is 11.6 Å². The summed E-state index contributed by atoms with van der Waals surface area (Å²) in [6, 6.07) is 11.7. The second-order valence-electron chi connectivity index (χ2n) is 5.68. The molecule has 0 saturated heterocycles. The molecule has 0 aliphatic heterocycles. The highest BCUT2D eigenvalue weighted by Gasteiger charge is 2.25. The summed E-state index contributed by atoms with van der Waals surface area (Å²) in [6.07, 6.45) is 0. The van der Waals surface area contributed by atoms with E-state index in [1.54, 1.807) is 43.3 Å². The minimum Gasteiger partial charge on any atom is -0.484 e. The van der Waals surface area contributed by atoms with Crippen molar-refractivity contribution >= 4 is 23.4 Å². The molecule has 2 rings (SSSR count). The summed E-state index contributed by atoms with van der Waals surface area (Å²) in [5.74, 6) is -0.526. The van der Waals surface area contributed by atoms with Crippen molar-refractivity contribution in [1.29, 1.82) is 0 Å². The largest absolute Gasteiger partial charge is 0.484 e. The number of benzene rings is 2. The fourth-order valence-corrected chi connectivity index (χ4v) is 2.46. The van der Waals surface area contributed by atoms with Gasteiger partial charge in [0.05, 0.1) is 0 Å². The van der Waals surface area contributed by atoms with Gasteiger partial charge in [0.1, 0.15) is 17.6 Å². The Hall–Kier alpha value is -2.60. The fourth-order valence-electron chi connectivity index (χ4n) is 2.34. The van der Waals surface area contributed by atoms with E-state index < -0.39 is 6.04 Å². The predicted octanol–water partition coefficient (Wildman–Crippen LogP) is 3.02. The van der Waals surface area contributed by atoms with Crippen molar-refractivity contribution in [1.82, 2.24) is 10.2 Å². The van der Waals surface area contributed by atoms with E-state index in [-0.39, 0.29) is 30.8 Å². The lowest BCUT2D eigenvalue weighted by molar-refractivity contribution is -0.142. The first kappa shape index (κ1) is 19.7. The Morgan fingerprint density at radius 1 is 1.15 bits per heavy atom. The molecule has 0 spiro atoms. The van der Waals surface area contributed by atoms with Gasteiger partial charge in [0.15, 0.2) is 6.61 Å². The summed E-state index contributed by atoms with van der Waals surface area (Å²) in [7, 11) is 1.50. The van der Waals surface area contributed by atoms with Gasteiger partial charge in [-0.05, 0) is 48.9 Å². The standard InChI is InChI=1S/C19H20ClFN2O3/c1-13(19(25)22-2)23(11-14-3-7-16(21)8-4-14)18(24)12-26-17-9-5-15(20)6-10-17/h3-10,13H,11-12H2,1-2H3,(H,22,25)/t13-/m1/s1. The topological polar surface area (TPSA) is 58.6 Å². The first-order valence-corrected chi connectivity index (χ1v) is 8.42. The molecule has 1 N–H and O–H groups in total. The molecular weight excluding hydrogens is 359 g/mol. The number of likely N-dealkylation sites (N-methyl/N-ethyl adjacent to an activating group) is 1. The van der Waals surface area contributed by atoms with Gasteiger partial charge in [0, 0.05) is 18.6 Å². The van der Waals surface area contributed by atoms with E-state index in [1.165, 1.54) is 24.1 Å². The van der Waals surface area contributed by atoms with E-state index in [0.29, 0.717) is 16.3 Å². The Morgan fingerprint density at radius 2 is 1.77 bits per heavy atom. The van der Waals surface area contributed by atoms with Gasteiger partial charge in [-0.2, -0.15) is 0 Å². The molecule has 2 aromatic rings. The number of rotatable bonds is 7. The van der Waals surface area contributed by atoms with Crippen LogP contribution < -0.4 is 10.1 Å². The van der Waals surface area contributed by atoms with Crippen LogP contribution in [0.5, 0.6) is 5.75 Å². The minimum absolute atomic E-state index is 0.164. The molecule has 0 radical (unpaired) electrons. The molecule has 0 fully saturated rings. The lowest BCUT2D eigenvalue weighted by Gasteiger charge is -2.28. The Bertz CT molecular complexity index is 750. The van der Waals surface area contributed by atoms with Gasteiger partial charge >= 0.3 is 0 Å². The van der Waals surface area contributed by atoms with Gasteiger partial charge < -0.3 is 15.0 Å². The maximum Gasteiger partial charge on any atom is 0.261 e. The summed E-state index contributed by atoms with van der Waals surface area (Å²) in [5.41, 5.74) is 0.710. The Kier molecular flexibility index (Phi) is 6.97. The average molecular weight is 379 g/mol. The van der Waals surface area contributed by atoms with E-state index in [0.717, 1.165) is 0 Å². The molecule has 0 saturated carbocycles. The molecule has 2 aromatic carbocycles. The summed E-state index contributed by atoms with van der Waals surface area (Å²) in [4.78, 5) is 26.0. The molecular formula is C19H20ClFN2O3. The van der Waals surface area contributed by atoms with Crippen LogP contribution in [0.2, 0.25) is 5.02 Å². The van der Waals surface area contributed by atoms with Gasteiger partial charge in [-0.1, -0.05) is 23.7 Å². The van der Waals surface area contributed by atoms with Gasteiger partial charge in [-0.15, -0.1) is 0 Å². The van der Waals surface area contributed by atoms with E-state index >= 15 is 0 Å². The summed E-state index contributed by atoms with van der Waals surface area (Å²) < 4.78 is 18.6. The van der Waals surface area contributed by atoms with Crippen molar-refractivity contribution in [2.75, 3.05) is 13.7 Å². The fraction of sp³-hybridized carbons (Fsp3) is 0.263. The van der Waals surface area contributed by atoms with Gasteiger partial charge in [-0.25, -0.2) is 4.39 Å². The second kappa shape index (κ2) is 9.20. The summed E-state index contributed by atoms with van der Waals surface area (Å²) in [5, 5.41) is 3.09. The SMILES string of the molecule is CNC(=O)[C@@H](C)N(Cc1ccc(F)cc1)C(=O)COc1ccc(Cl)cc1. The molecule has 0 unspecified atom stereocenters.